The van der Waals surface area contributed by atoms with Crippen molar-refractivity contribution in [1.29, 1.82) is 0 Å². The highest BCUT2D eigenvalue weighted by Crippen LogP contribution is 2.46. The minimum Gasteiger partial charge on any atom is -0.479 e. The van der Waals surface area contributed by atoms with Crippen molar-refractivity contribution in [3.8, 4) is 11.1 Å². The van der Waals surface area contributed by atoms with Crippen molar-refractivity contribution >= 4 is 18.0 Å². The summed E-state index contributed by atoms with van der Waals surface area (Å²) in [6.45, 7) is 4.92. The number of amides is 1. The van der Waals surface area contributed by atoms with E-state index in [1.807, 2.05) is 24.3 Å². The van der Waals surface area contributed by atoms with Crippen molar-refractivity contribution in [2.24, 2.45) is 5.92 Å². The molecule has 0 aliphatic heterocycles. The van der Waals surface area contributed by atoms with E-state index in [0.717, 1.165) is 6.42 Å². The number of alkyl carbamates (subject to hydrolysis) is 1. The molecule has 2 aromatic rings. The molecule has 2 atom stereocenters. The fourth-order valence-electron chi connectivity index (χ4n) is 3.99. The highest BCUT2D eigenvalue weighted by Gasteiger charge is 2.30. The van der Waals surface area contributed by atoms with Crippen LogP contribution in [0.1, 0.15) is 50.7 Å². The van der Waals surface area contributed by atoms with Crippen LogP contribution in [0.25, 0.3) is 11.1 Å². The predicted octanol–water partition coefficient (Wildman–Crippen LogP) is 4.35. The molecule has 0 radical (unpaired) electrons. The second-order valence-corrected chi connectivity index (χ2v) is 8.29. The summed E-state index contributed by atoms with van der Waals surface area (Å²) in [5.74, 6) is -2.09. The number of carbonyl (C=O) groups excluding carboxylic acids is 2. The summed E-state index contributed by atoms with van der Waals surface area (Å²) in [7, 11) is 0. The van der Waals surface area contributed by atoms with Crippen LogP contribution in [0.3, 0.4) is 0 Å². The lowest BCUT2D eigenvalue weighted by atomic mass is 9.92. The number of carboxylic acid groups (broad SMARTS) is 1. The van der Waals surface area contributed by atoms with Crippen molar-refractivity contribution < 1.29 is 29.0 Å². The summed E-state index contributed by atoms with van der Waals surface area (Å²) in [5.41, 5.74) is 5.07. The maximum Gasteiger partial charge on any atom is 0.407 e. The summed E-state index contributed by atoms with van der Waals surface area (Å²) >= 11 is 0. The maximum absolute atomic E-state index is 12.2. The molecule has 1 aliphatic carbocycles. The van der Waals surface area contributed by atoms with Gasteiger partial charge in [-0.15, -0.1) is 0 Å². The molecule has 0 unspecified atom stereocenters. The predicted molar refractivity (Wildman–Crippen MR) is 119 cm³/mol. The highest BCUT2D eigenvalue weighted by atomic mass is 16.6. The van der Waals surface area contributed by atoms with Crippen LogP contribution in [-0.2, 0) is 19.1 Å². The van der Waals surface area contributed by atoms with Crippen molar-refractivity contribution in [2.75, 3.05) is 6.61 Å². The minimum atomic E-state index is -1.29. The fourth-order valence-corrected chi connectivity index (χ4v) is 3.99. The lowest BCUT2D eigenvalue weighted by Crippen LogP contribution is -2.47. The van der Waals surface area contributed by atoms with Crippen LogP contribution < -0.4 is 5.32 Å². The molecule has 0 spiro atoms. The standard InChI is InChI=1S/C25H29NO6/c1-15(2)22(24(29)32-16(3)23(27)28)26-25(30)31-14-8-13-21-19-11-6-4-9-17(19)18-10-5-7-12-20(18)21/h4-7,9-12,15-16,21-22H,8,13-14H2,1-3H3,(H,26,30)(H,27,28)/t16-,22+/m0/s1. The number of carboxylic acids is 1. The number of carbonyl (C=O) groups is 3. The normalized spacial score (nSPS) is 14.2. The van der Waals surface area contributed by atoms with E-state index in [1.54, 1.807) is 13.8 Å². The van der Waals surface area contributed by atoms with Crippen LogP contribution in [0.5, 0.6) is 0 Å². The van der Waals surface area contributed by atoms with E-state index >= 15 is 0 Å². The van der Waals surface area contributed by atoms with E-state index in [1.165, 1.54) is 29.2 Å². The van der Waals surface area contributed by atoms with E-state index in [9.17, 15) is 14.4 Å². The van der Waals surface area contributed by atoms with Gasteiger partial charge in [-0.1, -0.05) is 62.4 Å². The largest absolute Gasteiger partial charge is 0.479 e. The Labute approximate surface area is 187 Å². The summed E-state index contributed by atoms with van der Waals surface area (Å²) in [4.78, 5) is 35.3. The van der Waals surface area contributed by atoms with Gasteiger partial charge in [0.05, 0.1) is 6.61 Å². The number of hydrogen-bond donors (Lipinski definition) is 2. The van der Waals surface area contributed by atoms with E-state index in [-0.39, 0.29) is 18.4 Å². The number of benzene rings is 2. The van der Waals surface area contributed by atoms with Gasteiger partial charge in [0, 0.05) is 5.92 Å². The first-order valence-corrected chi connectivity index (χ1v) is 10.8. The van der Waals surface area contributed by atoms with Gasteiger partial charge < -0.3 is 19.9 Å². The first kappa shape index (κ1) is 23.3. The molecule has 2 N–H and O–H groups in total. The van der Waals surface area contributed by atoms with Gasteiger partial charge in [0.1, 0.15) is 6.04 Å². The number of nitrogens with one attached hydrogen (secondary N) is 1. The van der Waals surface area contributed by atoms with Gasteiger partial charge in [0.2, 0.25) is 0 Å². The average molecular weight is 440 g/mol. The zero-order valence-electron chi connectivity index (χ0n) is 18.5. The van der Waals surface area contributed by atoms with E-state index in [0.29, 0.717) is 6.42 Å². The molecule has 170 valence electrons. The molecule has 2 aromatic carbocycles. The number of hydrogen-bond acceptors (Lipinski definition) is 5. The third-order valence-corrected chi connectivity index (χ3v) is 5.67. The van der Waals surface area contributed by atoms with Crippen LogP contribution in [0, 0.1) is 5.92 Å². The molecule has 1 aliphatic rings. The van der Waals surface area contributed by atoms with Gasteiger partial charge in [-0.25, -0.2) is 14.4 Å². The van der Waals surface area contributed by atoms with E-state index in [4.69, 9.17) is 14.6 Å². The second-order valence-electron chi connectivity index (χ2n) is 8.29. The Hall–Kier alpha value is -3.35. The Bertz CT molecular complexity index is 940. The van der Waals surface area contributed by atoms with Gasteiger partial charge in [0.15, 0.2) is 6.10 Å². The smallest absolute Gasteiger partial charge is 0.407 e. The van der Waals surface area contributed by atoms with Crippen molar-refractivity contribution in [2.45, 2.75) is 51.7 Å². The van der Waals surface area contributed by atoms with Crippen LogP contribution >= 0.6 is 0 Å². The molecule has 0 bridgehead atoms. The molecule has 0 saturated carbocycles. The molecule has 32 heavy (non-hydrogen) atoms. The molecule has 3 rings (SSSR count). The maximum atomic E-state index is 12.2. The zero-order valence-corrected chi connectivity index (χ0v) is 18.5. The number of esters is 1. The third kappa shape index (κ3) is 5.28. The summed E-state index contributed by atoms with van der Waals surface area (Å²) in [6, 6.07) is 15.7. The zero-order chi connectivity index (χ0) is 23.3. The quantitative estimate of drug-likeness (QED) is 0.445. The fraction of sp³-hybridized carbons (Fsp3) is 0.400. The molecule has 7 heteroatoms. The Morgan fingerprint density at radius 1 is 0.969 bits per heavy atom. The Morgan fingerprint density at radius 2 is 1.53 bits per heavy atom. The third-order valence-electron chi connectivity index (χ3n) is 5.67. The molecule has 0 aromatic heterocycles. The summed E-state index contributed by atoms with van der Waals surface area (Å²) < 4.78 is 10.2. The first-order valence-electron chi connectivity index (χ1n) is 10.8. The topological polar surface area (TPSA) is 102 Å². The lowest BCUT2D eigenvalue weighted by molar-refractivity contribution is -0.164. The van der Waals surface area contributed by atoms with Crippen LogP contribution in [0.4, 0.5) is 4.79 Å². The van der Waals surface area contributed by atoms with Gasteiger partial charge in [0.25, 0.3) is 0 Å². The molecule has 7 nitrogen and oxygen atoms in total. The molecule has 0 fully saturated rings. The number of ether oxygens (including phenoxy) is 2. The monoisotopic (exact) mass is 439 g/mol. The Kier molecular flexibility index (Phi) is 7.51. The first-order chi connectivity index (χ1) is 15.3. The van der Waals surface area contributed by atoms with Gasteiger partial charge in [-0.05, 0) is 47.9 Å². The Balaban J connectivity index is 1.52. The number of fused-ring (bicyclic) bond motifs is 3. The summed E-state index contributed by atoms with van der Waals surface area (Å²) in [5, 5.41) is 11.4. The van der Waals surface area contributed by atoms with E-state index < -0.39 is 30.2 Å². The van der Waals surface area contributed by atoms with Gasteiger partial charge in [-0.2, -0.15) is 0 Å². The number of rotatable bonds is 9. The highest BCUT2D eigenvalue weighted by molar-refractivity contribution is 5.84. The van der Waals surface area contributed by atoms with Crippen LogP contribution in [0.2, 0.25) is 0 Å². The molecule has 1 amide bonds. The van der Waals surface area contributed by atoms with Gasteiger partial charge >= 0.3 is 18.0 Å². The van der Waals surface area contributed by atoms with E-state index in [2.05, 4.69) is 29.6 Å². The Morgan fingerprint density at radius 3 is 2.06 bits per heavy atom. The van der Waals surface area contributed by atoms with Crippen LogP contribution in [-0.4, -0.2) is 41.9 Å². The SMILES string of the molecule is CC(C)[C@@H](NC(=O)OCCCC1c2ccccc2-c2ccccc21)C(=O)O[C@@H](C)C(=O)O. The second kappa shape index (κ2) is 10.3. The average Bonchev–Trinajstić information content (AvgIpc) is 3.08. The lowest BCUT2D eigenvalue weighted by Gasteiger charge is -2.21. The molecule has 0 heterocycles. The van der Waals surface area contributed by atoms with Crippen molar-refractivity contribution in [3.63, 3.8) is 0 Å². The molecular formula is C25H29NO6. The minimum absolute atomic E-state index is 0.206. The number of aliphatic carboxylic acids is 1. The summed E-state index contributed by atoms with van der Waals surface area (Å²) in [6.07, 6.45) is -0.532. The molecule has 0 saturated heterocycles. The molecular weight excluding hydrogens is 410 g/mol. The van der Waals surface area contributed by atoms with Crippen molar-refractivity contribution in [3.05, 3.63) is 59.7 Å². The van der Waals surface area contributed by atoms with Crippen LogP contribution in [0.15, 0.2) is 48.5 Å². The van der Waals surface area contributed by atoms with Crippen molar-refractivity contribution in [1.82, 2.24) is 5.32 Å². The van der Waals surface area contributed by atoms with Gasteiger partial charge in [-0.3, -0.25) is 0 Å².